The zero-order valence-corrected chi connectivity index (χ0v) is 9.23. The molecule has 3 nitrogen and oxygen atoms in total. The summed E-state index contributed by atoms with van der Waals surface area (Å²) in [6, 6.07) is 0. The van der Waals surface area contributed by atoms with Crippen LogP contribution in [-0.4, -0.2) is 40.0 Å². The molecule has 13 heavy (non-hydrogen) atoms. The van der Waals surface area contributed by atoms with E-state index in [1.54, 1.807) is 19.8 Å². The van der Waals surface area contributed by atoms with Gasteiger partial charge in [-0.25, -0.2) is 0 Å². The molecule has 0 spiro atoms. The van der Waals surface area contributed by atoms with E-state index in [4.69, 9.17) is 21.1 Å². The Kier molecular flexibility index (Phi) is 8.45. The van der Waals surface area contributed by atoms with E-state index in [2.05, 4.69) is 5.32 Å². The van der Waals surface area contributed by atoms with Gasteiger partial charge in [0.05, 0.1) is 12.7 Å². The van der Waals surface area contributed by atoms with E-state index in [9.17, 15) is 0 Å². The number of hydrogen-bond acceptors (Lipinski definition) is 3. The summed E-state index contributed by atoms with van der Waals surface area (Å²) in [5, 5.41) is 3.21. The maximum absolute atomic E-state index is 5.50. The van der Waals surface area contributed by atoms with Crippen molar-refractivity contribution in [3.8, 4) is 0 Å². The van der Waals surface area contributed by atoms with Gasteiger partial charge in [-0.15, -0.1) is 0 Å². The Morgan fingerprint density at radius 3 is 2.69 bits per heavy atom. The third-order valence-electron chi connectivity index (χ3n) is 1.65. The van der Waals surface area contributed by atoms with E-state index in [0.29, 0.717) is 6.61 Å². The molecule has 0 heterocycles. The van der Waals surface area contributed by atoms with Crippen LogP contribution in [0.4, 0.5) is 0 Å². The number of rotatable bonds is 7. The van der Waals surface area contributed by atoms with Gasteiger partial charge in [0.15, 0.2) is 0 Å². The molecule has 0 amide bonds. The SMILES string of the molecule is COCC(CNCC(C)=CCl)OC. The van der Waals surface area contributed by atoms with Crippen LogP contribution in [-0.2, 0) is 9.47 Å². The molecule has 78 valence electrons. The second-order valence-corrected chi connectivity index (χ2v) is 3.12. The second-order valence-electron chi connectivity index (χ2n) is 2.90. The summed E-state index contributed by atoms with van der Waals surface area (Å²) in [6.45, 7) is 4.13. The summed E-state index contributed by atoms with van der Waals surface area (Å²) in [5.41, 5.74) is 2.68. The van der Waals surface area contributed by atoms with E-state index in [-0.39, 0.29) is 6.10 Å². The van der Waals surface area contributed by atoms with Crippen LogP contribution in [0.2, 0.25) is 0 Å². The Hall–Kier alpha value is -0.0900. The summed E-state index contributed by atoms with van der Waals surface area (Å²) in [4.78, 5) is 0. The molecular weight excluding hydrogens is 190 g/mol. The summed E-state index contributed by atoms with van der Waals surface area (Å²) in [5.74, 6) is 0. The molecule has 0 saturated carbocycles. The van der Waals surface area contributed by atoms with E-state index < -0.39 is 0 Å². The van der Waals surface area contributed by atoms with Crippen molar-refractivity contribution in [1.82, 2.24) is 5.32 Å². The van der Waals surface area contributed by atoms with Crippen molar-refractivity contribution >= 4 is 11.6 Å². The molecule has 0 radical (unpaired) electrons. The van der Waals surface area contributed by atoms with Crippen LogP contribution in [0.15, 0.2) is 11.1 Å². The lowest BCUT2D eigenvalue weighted by molar-refractivity contribution is 0.0294. The summed E-state index contributed by atoms with van der Waals surface area (Å²) in [6.07, 6.45) is 0.105. The van der Waals surface area contributed by atoms with Gasteiger partial charge in [-0.2, -0.15) is 0 Å². The predicted octanol–water partition coefficient (Wildman–Crippen LogP) is 1.38. The monoisotopic (exact) mass is 207 g/mol. The van der Waals surface area contributed by atoms with E-state index >= 15 is 0 Å². The lowest BCUT2D eigenvalue weighted by Gasteiger charge is -2.14. The number of halogens is 1. The highest BCUT2D eigenvalue weighted by Crippen LogP contribution is 1.93. The first-order valence-corrected chi connectivity index (χ1v) is 4.66. The summed E-state index contributed by atoms with van der Waals surface area (Å²) >= 11 is 5.50. The number of methoxy groups -OCH3 is 2. The minimum Gasteiger partial charge on any atom is -0.382 e. The highest BCUT2D eigenvalue weighted by molar-refractivity contribution is 6.25. The van der Waals surface area contributed by atoms with Gasteiger partial charge >= 0.3 is 0 Å². The fourth-order valence-electron chi connectivity index (χ4n) is 0.865. The summed E-state index contributed by atoms with van der Waals surface area (Å²) in [7, 11) is 3.34. The molecule has 0 aromatic carbocycles. The normalized spacial score (nSPS) is 14.6. The molecule has 0 aliphatic carbocycles. The predicted molar refractivity (Wildman–Crippen MR) is 55.2 cm³/mol. The van der Waals surface area contributed by atoms with Gasteiger partial charge in [-0.1, -0.05) is 11.6 Å². The van der Waals surface area contributed by atoms with E-state index in [1.165, 1.54) is 0 Å². The quantitative estimate of drug-likeness (QED) is 0.684. The first-order valence-electron chi connectivity index (χ1n) is 4.22. The van der Waals surface area contributed by atoms with Crippen LogP contribution in [0, 0.1) is 0 Å². The van der Waals surface area contributed by atoms with Gasteiger partial charge in [0.1, 0.15) is 0 Å². The van der Waals surface area contributed by atoms with Gasteiger partial charge in [0, 0.05) is 32.8 Å². The molecule has 1 N–H and O–H groups in total. The largest absolute Gasteiger partial charge is 0.382 e. The van der Waals surface area contributed by atoms with Gasteiger partial charge < -0.3 is 14.8 Å². The Bertz CT molecular complexity index is 151. The first-order chi connectivity index (χ1) is 6.24. The van der Waals surface area contributed by atoms with Gasteiger partial charge in [-0.05, 0) is 12.5 Å². The van der Waals surface area contributed by atoms with Crippen LogP contribution >= 0.6 is 11.6 Å². The zero-order valence-electron chi connectivity index (χ0n) is 8.47. The number of ether oxygens (including phenoxy) is 2. The molecule has 0 saturated heterocycles. The highest BCUT2D eigenvalue weighted by Gasteiger charge is 2.04. The second kappa shape index (κ2) is 8.51. The molecule has 0 aromatic rings. The average Bonchev–Trinajstić information content (AvgIpc) is 2.16. The van der Waals surface area contributed by atoms with Gasteiger partial charge in [0.2, 0.25) is 0 Å². The zero-order chi connectivity index (χ0) is 10.1. The Morgan fingerprint density at radius 2 is 2.23 bits per heavy atom. The van der Waals surface area contributed by atoms with Gasteiger partial charge in [-0.3, -0.25) is 0 Å². The van der Waals surface area contributed by atoms with Gasteiger partial charge in [0.25, 0.3) is 0 Å². The van der Waals surface area contributed by atoms with Crippen molar-refractivity contribution in [1.29, 1.82) is 0 Å². The molecule has 0 aliphatic heterocycles. The van der Waals surface area contributed by atoms with Crippen molar-refractivity contribution in [2.24, 2.45) is 0 Å². The molecule has 0 aliphatic rings. The Labute approximate surface area is 85.0 Å². The molecule has 0 bridgehead atoms. The minimum absolute atomic E-state index is 0.105. The smallest absolute Gasteiger partial charge is 0.0928 e. The van der Waals surface area contributed by atoms with Crippen molar-refractivity contribution in [3.05, 3.63) is 11.1 Å². The molecular formula is C9H18ClNO2. The molecule has 4 heteroatoms. The molecule has 0 fully saturated rings. The lowest BCUT2D eigenvalue weighted by atomic mass is 10.3. The van der Waals surface area contributed by atoms with Crippen molar-refractivity contribution < 1.29 is 9.47 Å². The third-order valence-corrected chi connectivity index (χ3v) is 2.02. The third kappa shape index (κ3) is 7.02. The molecule has 1 atom stereocenters. The number of hydrogen-bond donors (Lipinski definition) is 1. The van der Waals surface area contributed by atoms with Crippen LogP contribution in [0.3, 0.4) is 0 Å². The van der Waals surface area contributed by atoms with Crippen LogP contribution < -0.4 is 5.32 Å². The Morgan fingerprint density at radius 1 is 1.54 bits per heavy atom. The maximum atomic E-state index is 5.50. The Balaban J connectivity index is 3.48. The maximum Gasteiger partial charge on any atom is 0.0928 e. The fourth-order valence-corrected chi connectivity index (χ4v) is 0.942. The highest BCUT2D eigenvalue weighted by atomic mass is 35.5. The first kappa shape index (κ1) is 12.9. The van der Waals surface area contributed by atoms with E-state index in [1.807, 2.05) is 6.92 Å². The van der Waals surface area contributed by atoms with Crippen molar-refractivity contribution in [2.75, 3.05) is 33.9 Å². The standard InChI is InChI=1S/C9H18ClNO2/c1-8(4-10)5-11-6-9(13-3)7-12-2/h4,9,11H,5-7H2,1-3H3. The lowest BCUT2D eigenvalue weighted by Crippen LogP contribution is -2.32. The number of nitrogens with one attached hydrogen (secondary N) is 1. The average molecular weight is 208 g/mol. The minimum atomic E-state index is 0.105. The van der Waals surface area contributed by atoms with Crippen LogP contribution in [0.5, 0.6) is 0 Å². The van der Waals surface area contributed by atoms with E-state index in [0.717, 1.165) is 18.7 Å². The molecule has 0 aromatic heterocycles. The van der Waals surface area contributed by atoms with Crippen molar-refractivity contribution in [3.63, 3.8) is 0 Å². The van der Waals surface area contributed by atoms with Crippen LogP contribution in [0.25, 0.3) is 0 Å². The molecule has 0 rings (SSSR count). The van der Waals surface area contributed by atoms with Crippen molar-refractivity contribution in [2.45, 2.75) is 13.0 Å². The fraction of sp³-hybridized carbons (Fsp3) is 0.778. The van der Waals surface area contributed by atoms with Crippen LogP contribution in [0.1, 0.15) is 6.92 Å². The topological polar surface area (TPSA) is 30.5 Å². The summed E-state index contributed by atoms with van der Waals surface area (Å²) < 4.78 is 10.1. The molecule has 1 unspecified atom stereocenters.